The van der Waals surface area contributed by atoms with Crippen LogP contribution >= 0.6 is 12.2 Å². The van der Waals surface area contributed by atoms with Gasteiger partial charge in [-0.05, 0) is 113 Å². The first-order valence-electron chi connectivity index (χ1n) is 26.1. The lowest BCUT2D eigenvalue weighted by atomic mass is 9.86. The maximum absolute atomic E-state index is 13.9. The van der Waals surface area contributed by atoms with Crippen molar-refractivity contribution >= 4 is 52.7 Å². The van der Waals surface area contributed by atoms with Crippen LogP contribution in [0.5, 0.6) is 11.5 Å². The van der Waals surface area contributed by atoms with Crippen molar-refractivity contribution in [3.05, 3.63) is 73.5 Å². The van der Waals surface area contributed by atoms with Crippen LogP contribution in [0.1, 0.15) is 127 Å². The molecule has 3 aromatic heterocycles. The average molecular weight is 1050 g/mol. The number of hydrogen-bond acceptors (Lipinski definition) is 15. The van der Waals surface area contributed by atoms with Crippen LogP contribution in [0.2, 0.25) is 0 Å². The molecule has 0 aliphatic carbocycles. The number of benzene rings is 1. The van der Waals surface area contributed by atoms with Gasteiger partial charge in [0.1, 0.15) is 25.4 Å². The third kappa shape index (κ3) is 13.8. The number of nitrogens with zero attached hydrogens (tertiary/aromatic N) is 4. The monoisotopic (exact) mass is 1050 g/mol. The number of unbranched alkanes of at least 4 members (excludes halogenated alkanes) is 2. The molecule has 6 heterocycles. The molecule has 3 aliphatic rings. The lowest BCUT2D eigenvalue weighted by Crippen LogP contribution is -2.56. The fraction of sp³-hybridized carbons (Fsp3) is 0.537. The van der Waals surface area contributed by atoms with Crippen molar-refractivity contribution in [2.24, 2.45) is 5.92 Å². The smallest absolute Gasteiger partial charge is 0.343 e. The second-order valence-corrected chi connectivity index (χ2v) is 19.8. The maximum atomic E-state index is 13.9. The quantitative estimate of drug-likeness (QED) is 0.0146. The Morgan fingerprint density at radius 1 is 0.947 bits per heavy atom. The number of carbonyl (C=O) groups excluding carboxylic acids is 5. The second-order valence-electron chi connectivity index (χ2n) is 19.4. The Bertz CT molecular complexity index is 2920. The molecule has 0 unspecified atom stereocenters. The molecule has 21 heteroatoms. The van der Waals surface area contributed by atoms with Crippen LogP contribution in [0, 0.1) is 22.5 Å². The van der Waals surface area contributed by atoms with Gasteiger partial charge in [0.15, 0.2) is 21.9 Å². The van der Waals surface area contributed by atoms with Crippen LogP contribution in [-0.2, 0) is 58.6 Å². The first-order chi connectivity index (χ1) is 36.1. The maximum Gasteiger partial charge on any atom is 0.343 e. The van der Waals surface area contributed by atoms with Gasteiger partial charge in [-0.15, -0.1) is 0 Å². The highest BCUT2D eigenvalue weighted by atomic mass is 32.1. The van der Waals surface area contributed by atoms with Gasteiger partial charge in [-0.3, -0.25) is 24.0 Å². The number of aromatic nitrogens is 4. The molecule has 0 bridgehead atoms. The Kier molecular flexibility index (Phi) is 19.5. The summed E-state index contributed by atoms with van der Waals surface area (Å²) < 4.78 is 24.4. The van der Waals surface area contributed by atoms with Gasteiger partial charge in [0.25, 0.3) is 5.56 Å². The van der Waals surface area contributed by atoms with E-state index in [1.807, 2.05) is 19.9 Å². The van der Waals surface area contributed by atoms with Crippen LogP contribution in [0.25, 0.3) is 22.3 Å². The highest BCUT2D eigenvalue weighted by Crippen LogP contribution is 2.43. The number of aliphatic hydroxyl groups is 1. The van der Waals surface area contributed by atoms with Crippen LogP contribution in [-0.4, -0.2) is 118 Å². The molecular weight excluding hydrogens is 983 g/mol. The first kappa shape index (κ1) is 56.0. The lowest BCUT2D eigenvalue weighted by molar-refractivity contribution is -0.172. The summed E-state index contributed by atoms with van der Waals surface area (Å²) in [6.45, 7) is 12.2. The fourth-order valence-electron chi connectivity index (χ4n) is 9.62. The predicted octanol–water partition coefficient (Wildman–Crippen LogP) is 4.54. The molecule has 3 atom stereocenters. The number of fused-ring (bicyclic) bond motifs is 6. The minimum atomic E-state index is -1.96. The molecule has 4 aromatic rings. The van der Waals surface area contributed by atoms with Crippen molar-refractivity contribution in [2.45, 2.75) is 136 Å². The normalized spacial score (nSPS) is 15.8. The lowest BCUT2D eigenvalue weighted by Gasteiger charge is -2.31. The molecular formula is C54H69N9O11S. The molecule has 7 rings (SSSR count). The molecule has 402 valence electrons. The zero-order valence-corrected chi connectivity index (χ0v) is 44.3. The number of aryl methyl sites for hydroxylation is 1. The minimum absolute atomic E-state index is 0.0228. The van der Waals surface area contributed by atoms with E-state index in [1.54, 1.807) is 36.0 Å². The van der Waals surface area contributed by atoms with Gasteiger partial charge >= 0.3 is 5.97 Å². The number of hydrogen-bond donors (Lipinski definition) is 6. The zero-order chi connectivity index (χ0) is 53.6. The Hall–Kier alpha value is -6.73. The van der Waals surface area contributed by atoms with E-state index in [9.17, 15) is 33.9 Å². The predicted molar refractivity (Wildman–Crippen MR) is 281 cm³/mol. The zero-order valence-electron chi connectivity index (χ0n) is 43.5. The van der Waals surface area contributed by atoms with Gasteiger partial charge < -0.3 is 59.8 Å². The highest BCUT2D eigenvalue weighted by Gasteiger charge is 2.45. The van der Waals surface area contributed by atoms with Crippen molar-refractivity contribution < 1.29 is 48.0 Å². The Balaban J connectivity index is 0.930. The highest BCUT2D eigenvalue weighted by molar-refractivity contribution is 7.71. The van der Waals surface area contributed by atoms with E-state index in [1.165, 1.54) is 0 Å². The van der Waals surface area contributed by atoms with Crippen LogP contribution < -0.4 is 36.3 Å². The summed E-state index contributed by atoms with van der Waals surface area (Å²) in [7, 11) is 0. The third-order valence-electron chi connectivity index (χ3n) is 13.6. The van der Waals surface area contributed by atoms with Crippen molar-refractivity contribution in [2.75, 3.05) is 46.3 Å². The van der Waals surface area contributed by atoms with E-state index in [2.05, 4.69) is 61.8 Å². The fourth-order valence-corrected chi connectivity index (χ4v) is 9.73. The SMILES string of the molecule is CCCN(CCC)CCCC[C@H](NC(=O)[C@@H](NC(=O)CCCC#Cc1cnc(=S)[nH]c1)C(C)C)C(=O)NCC(=O)NCOCCCc1c2c(nc3cc4c(cc13)OCO4)-c1cc3c(c(=O)n1C2)COC(=O)[C@]3(O)CC. The molecule has 0 spiro atoms. The van der Waals surface area contributed by atoms with E-state index < -0.39 is 41.4 Å². The van der Waals surface area contributed by atoms with Gasteiger partial charge in [-0.25, -0.2) is 14.8 Å². The van der Waals surface area contributed by atoms with Crippen molar-refractivity contribution in [1.82, 2.24) is 45.7 Å². The standard InChI is InChI=1S/C54H69N9O11S/c1-6-19-62(20-7-2)21-13-12-17-40(60-50(67)47(33(4)5)61-45(64)18-11-9-10-15-34-26-56-53(75)57-27-34)49(66)55-28-46(65)58-31-71-22-14-16-35-36-23-43-44(74-32-73-43)25-41(36)59-48-37(35)29-63-42(48)24-39-38(51(63)68)30-72-52(69)54(39,70)8-3/h23-27,33,40,47,70H,6-9,11-14,16-22,28-32H2,1-5H3,(H,55,66)(H,58,65)(H,60,67)(H,61,64)(H,56,57,75)/t40-,47-,54-/m0/s1. The first-order valence-corrected chi connectivity index (χ1v) is 26.5. The summed E-state index contributed by atoms with van der Waals surface area (Å²) in [5.74, 6) is 4.21. The largest absolute Gasteiger partial charge is 0.458 e. The van der Waals surface area contributed by atoms with Gasteiger partial charge in [0.2, 0.25) is 30.4 Å². The minimum Gasteiger partial charge on any atom is -0.458 e. The van der Waals surface area contributed by atoms with E-state index >= 15 is 0 Å². The summed E-state index contributed by atoms with van der Waals surface area (Å²) in [4.78, 5) is 94.5. The average Bonchev–Trinajstić information content (AvgIpc) is 4.02. The van der Waals surface area contributed by atoms with Gasteiger partial charge in [-0.1, -0.05) is 46.5 Å². The summed E-state index contributed by atoms with van der Waals surface area (Å²) in [5, 5.41) is 23.3. The third-order valence-corrected chi connectivity index (χ3v) is 13.8. The Morgan fingerprint density at radius 2 is 1.72 bits per heavy atom. The summed E-state index contributed by atoms with van der Waals surface area (Å²) in [5.41, 5.74) is 2.19. The molecule has 0 radical (unpaired) electrons. The van der Waals surface area contributed by atoms with Gasteiger partial charge in [0.05, 0.1) is 41.1 Å². The number of carbonyl (C=O) groups is 5. The van der Waals surface area contributed by atoms with E-state index in [0.29, 0.717) is 77.3 Å². The van der Waals surface area contributed by atoms with Crippen LogP contribution in [0.15, 0.2) is 35.4 Å². The number of cyclic esters (lactones) is 1. The van der Waals surface area contributed by atoms with Crippen LogP contribution in [0.4, 0.5) is 0 Å². The van der Waals surface area contributed by atoms with Crippen molar-refractivity contribution in [3.63, 3.8) is 0 Å². The molecule has 0 fully saturated rings. The summed E-state index contributed by atoms with van der Waals surface area (Å²) >= 11 is 4.96. The number of esters is 1. The summed E-state index contributed by atoms with van der Waals surface area (Å²) in [6, 6.07) is 3.50. The molecule has 20 nitrogen and oxygen atoms in total. The Morgan fingerprint density at radius 3 is 2.44 bits per heavy atom. The number of H-pyrrole nitrogens is 1. The molecule has 3 aliphatic heterocycles. The van der Waals surface area contributed by atoms with E-state index in [-0.39, 0.29) is 81.2 Å². The van der Waals surface area contributed by atoms with Gasteiger partial charge in [-0.2, -0.15) is 0 Å². The van der Waals surface area contributed by atoms with Crippen molar-refractivity contribution in [1.29, 1.82) is 0 Å². The van der Waals surface area contributed by atoms with Crippen LogP contribution in [0.3, 0.4) is 0 Å². The number of amides is 4. The molecule has 0 saturated heterocycles. The molecule has 6 N–H and O–H groups in total. The Labute approximate surface area is 441 Å². The molecule has 0 saturated carbocycles. The summed E-state index contributed by atoms with van der Waals surface area (Å²) in [6.07, 6.45) is 9.20. The molecule has 4 amide bonds. The number of ether oxygens (including phenoxy) is 4. The van der Waals surface area contributed by atoms with E-state index in [0.717, 1.165) is 55.4 Å². The second kappa shape index (κ2) is 26.2. The van der Waals surface area contributed by atoms with Crippen molar-refractivity contribution in [3.8, 4) is 34.7 Å². The van der Waals surface area contributed by atoms with E-state index in [4.69, 9.17) is 36.1 Å². The topological polar surface area (TPSA) is 257 Å². The number of rotatable bonds is 26. The van der Waals surface area contributed by atoms with Gasteiger partial charge in [0, 0.05) is 54.4 Å². The number of pyridine rings is 2. The molecule has 75 heavy (non-hydrogen) atoms. The number of aromatic amines is 1. The molecule has 1 aromatic carbocycles. The number of nitrogens with one attached hydrogen (secondary N) is 5.